The molecule has 1 atom stereocenters. The Kier molecular flexibility index (Phi) is 12.0. The number of unbranched alkanes of at least 4 members (excludes halogenated alkanes) is 3. The molecule has 2 heterocycles. The average Bonchev–Trinajstić information content (AvgIpc) is 3.25. The number of hydrogen-bond donors (Lipinski definition) is 2. The Hall–Kier alpha value is -0.760. The van der Waals surface area contributed by atoms with E-state index in [1.54, 1.807) is 6.26 Å². The Balaban J connectivity index is 0.00000288. The molecule has 1 fully saturated rings. The maximum Gasteiger partial charge on any atom is 0.191 e. The van der Waals surface area contributed by atoms with Crippen molar-refractivity contribution in [3.63, 3.8) is 0 Å². The number of nitrogens with zero attached hydrogens (tertiary/aromatic N) is 1. The molecule has 0 bridgehead atoms. The van der Waals surface area contributed by atoms with E-state index in [4.69, 9.17) is 9.15 Å². The normalized spacial score (nSPS) is 17.5. The van der Waals surface area contributed by atoms with Crippen molar-refractivity contribution in [2.45, 2.75) is 58.0 Å². The van der Waals surface area contributed by atoms with Gasteiger partial charge in [-0.2, -0.15) is 0 Å². The predicted molar refractivity (Wildman–Crippen MR) is 109 cm³/mol. The highest BCUT2D eigenvalue weighted by Crippen LogP contribution is 2.11. The standard InChI is InChI=1S/C18H31N3O2.HI/c1-2-3-4-5-11-19-18(21-15-17-9-7-14-23-17)20-12-10-16-8-6-13-22-16;/h6,8,13,17H,2-5,7,9-12,14-15H2,1H3,(H2,19,20,21);1H. The molecule has 2 N–H and O–H groups in total. The lowest BCUT2D eigenvalue weighted by Gasteiger charge is -2.13. The molecule has 1 aliphatic heterocycles. The van der Waals surface area contributed by atoms with E-state index >= 15 is 0 Å². The van der Waals surface area contributed by atoms with Crippen LogP contribution in [0.15, 0.2) is 27.8 Å². The summed E-state index contributed by atoms with van der Waals surface area (Å²) in [5.74, 6) is 1.89. The number of aliphatic imine (C=N–C) groups is 1. The molecule has 0 aromatic carbocycles. The molecule has 1 saturated heterocycles. The van der Waals surface area contributed by atoms with Gasteiger partial charge >= 0.3 is 0 Å². The van der Waals surface area contributed by atoms with Crippen LogP contribution in [0.1, 0.15) is 51.2 Å². The summed E-state index contributed by atoms with van der Waals surface area (Å²) in [7, 11) is 0. The SMILES string of the molecule is CCCCCCNC(=NCC1CCCO1)NCCc1ccco1.I. The third kappa shape index (κ3) is 8.92. The summed E-state index contributed by atoms with van der Waals surface area (Å²) in [5.41, 5.74) is 0. The van der Waals surface area contributed by atoms with Crippen molar-refractivity contribution >= 4 is 29.9 Å². The summed E-state index contributed by atoms with van der Waals surface area (Å²) < 4.78 is 11.0. The van der Waals surface area contributed by atoms with Crippen molar-refractivity contribution in [2.24, 2.45) is 4.99 Å². The first kappa shape index (κ1) is 21.3. The summed E-state index contributed by atoms with van der Waals surface area (Å²) >= 11 is 0. The van der Waals surface area contributed by atoms with E-state index in [1.165, 1.54) is 25.7 Å². The number of nitrogens with one attached hydrogen (secondary N) is 2. The van der Waals surface area contributed by atoms with Crippen LogP contribution in [-0.2, 0) is 11.2 Å². The molecule has 0 radical (unpaired) electrons. The van der Waals surface area contributed by atoms with E-state index in [1.807, 2.05) is 12.1 Å². The van der Waals surface area contributed by atoms with Gasteiger partial charge in [-0.15, -0.1) is 24.0 Å². The lowest BCUT2D eigenvalue weighted by atomic mass is 10.2. The highest BCUT2D eigenvalue weighted by molar-refractivity contribution is 14.0. The molecule has 2 rings (SSSR count). The zero-order chi connectivity index (χ0) is 16.2. The van der Waals surface area contributed by atoms with Crippen LogP contribution in [0.4, 0.5) is 0 Å². The van der Waals surface area contributed by atoms with Gasteiger partial charge in [-0.05, 0) is 31.4 Å². The van der Waals surface area contributed by atoms with Crippen LogP contribution < -0.4 is 10.6 Å². The molecule has 24 heavy (non-hydrogen) atoms. The van der Waals surface area contributed by atoms with Crippen LogP contribution in [-0.4, -0.2) is 38.3 Å². The molecule has 1 aliphatic rings. The molecule has 0 saturated carbocycles. The molecule has 0 aliphatic carbocycles. The topological polar surface area (TPSA) is 58.8 Å². The first-order chi connectivity index (χ1) is 11.4. The van der Waals surface area contributed by atoms with Gasteiger partial charge in [0.05, 0.1) is 18.9 Å². The summed E-state index contributed by atoms with van der Waals surface area (Å²) in [4.78, 5) is 4.68. The average molecular weight is 449 g/mol. The Morgan fingerprint density at radius 1 is 1.25 bits per heavy atom. The third-order valence-electron chi connectivity index (χ3n) is 4.04. The van der Waals surface area contributed by atoms with Crippen LogP contribution >= 0.6 is 24.0 Å². The van der Waals surface area contributed by atoms with Gasteiger partial charge in [-0.25, -0.2) is 0 Å². The minimum Gasteiger partial charge on any atom is -0.469 e. The van der Waals surface area contributed by atoms with Gasteiger partial charge in [0.2, 0.25) is 0 Å². The lowest BCUT2D eigenvalue weighted by molar-refractivity contribution is 0.117. The minimum absolute atomic E-state index is 0. The van der Waals surface area contributed by atoms with E-state index in [0.29, 0.717) is 6.10 Å². The number of hydrogen-bond acceptors (Lipinski definition) is 3. The molecule has 0 amide bonds. The summed E-state index contributed by atoms with van der Waals surface area (Å²) in [6.45, 7) is 5.65. The summed E-state index contributed by atoms with van der Waals surface area (Å²) in [6.07, 6.45) is 10.2. The fourth-order valence-corrected chi connectivity index (χ4v) is 2.67. The molecular weight excluding hydrogens is 417 g/mol. The third-order valence-corrected chi connectivity index (χ3v) is 4.04. The summed E-state index contributed by atoms with van der Waals surface area (Å²) in [5, 5.41) is 6.83. The summed E-state index contributed by atoms with van der Waals surface area (Å²) in [6, 6.07) is 3.93. The van der Waals surface area contributed by atoms with Gasteiger partial charge in [0, 0.05) is 26.1 Å². The van der Waals surface area contributed by atoms with E-state index < -0.39 is 0 Å². The second kappa shape index (κ2) is 13.5. The maximum atomic E-state index is 5.65. The predicted octanol–water partition coefficient (Wildman–Crippen LogP) is 3.73. The van der Waals surface area contributed by atoms with Crippen molar-refractivity contribution in [1.82, 2.24) is 10.6 Å². The van der Waals surface area contributed by atoms with Crippen molar-refractivity contribution < 1.29 is 9.15 Å². The molecule has 5 nitrogen and oxygen atoms in total. The van der Waals surface area contributed by atoms with Gasteiger partial charge in [0.15, 0.2) is 5.96 Å². The monoisotopic (exact) mass is 449 g/mol. The van der Waals surface area contributed by atoms with E-state index in [-0.39, 0.29) is 24.0 Å². The second-order valence-corrected chi connectivity index (χ2v) is 6.07. The lowest BCUT2D eigenvalue weighted by Crippen LogP contribution is -2.39. The van der Waals surface area contributed by atoms with E-state index in [0.717, 1.165) is 57.2 Å². The molecular formula is C18H32IN3O2. The van der Waals surface area contributed by atoms with Gasteiger partial charge < -0.3 is 19.8 Å². The van der Waals surface area contributed by atoms with Crippen molar-refractivity contribution in [3.05, 3.63) is 24.2 Å². The first-order valence-corrected chi connectivity index (χ1v) is 9.04. The number of rotatable bonds is 10. The number of halogens is 1. The number of furan rings is 1. The first-order valence-electron chi connectivity index (χ1n) is 9.04. The van der Waals surface area contributed by atoms with Gasteiger partial charge in [-0.1, -0.05) is 26.2 Å². The Morgan fingerprint density at radius 2 is 2.12 bits per heavy atom. The maximum absolute atomic E-state index is 5.65. The van der Waals surface area contributed by atoms with Crippen LogP contribution in [0, 0.1) is 0 Å². The number of ether oxygens (including phenoxy) is 1. The highest BCUT2D eigenvalue weighted by atomic mass is 127. The van der Waals surface area contributed by atoms with Crippen molar-refractivity contribution in [1.29, 1.82) is 0 Å². The second-order valence-electron chi connectivity index (χ2n) is 6.07. The smallest absolute Gasteiger partial charge is 0.191 e. The largest absolute Gasteiger partial charge is 0.469 e. The molecule has 0 spiro atoms. The Labute approximate surface area is 163 Å². The quantitative estimate of drug-likeness (QED) is 0.247. The Bertz CT molecular complexity index is 431. The molecule has 138 valence electrons. The molecule has 1 aromatic heterocycles. The van der Waals surface area contributed by atoms with Gasteiger partial charge in [0.25, 0.3) is 0 Å². The fourth-order valence-electron chi connectivity index (χ4n) is 2.67. The van der Waals surface area contributed by atoms with Crippen LogP contribution in [0.25, 0.3) is 0 Å². The van der Waals surface area contributed by atoms with Gasteiger partial charge in [-0.3, -0.25) is 4.99 Å². The van der Waals surface area contributed by atoms with Gasteiger partial charge in [0.1, 0.15) is 5.76 Å². The molecule has 6 heteroatoms. The van der Waals surface area contributed by atoms with Crippen LogP contribution in [0.3, 0.4) is 0 Å². The van der Waals surface area contributed by atoms with Crippen LogP contribution in [0.5, 0.6) is 0 Å². The van der Waals surface area contributed by atoms with Crippen molar-refractivity contribution in [3.8, 4) is 0 Å². The highest BCUT2D eigenvalue weighted by Gasteiger charge is 2.14. The zero-order valence-corrected chi connectivity index (χ0v) is 17.1. The number of guanidine groups is 1. The Morgan fingerprint density at radius 3 is 2.83 bits per heavy atom. The van der Waals surface area contributed by atoms with E-state index in [9.17, 15) is 0 Å². The van der Waals surface area contributed by atoms with E-state index in [2.05, 4.69) is 22.5 Å². The molecule has 1 aromatic rings. The van der Waals surface area contributed by atoms with Crippen LogP contribution in [0.2, 0.25) is 0 Å². The fraction of sp³-hybridized carbons (Fsp3) is 0.722. The molecule has 1 unspecified atom stereocenters. The zero-order valence-electron chi connectivity index (χ0n) is 14.8. The van der Waals surface area contributed by atoms with Crippen molar-refractivity contribution in [2.75, 3.05) is 26.2 Å². The minimum atomic E-state index is 0.